The Morgan fingerprint density at radius 3 is 2.53 bits per heavy atom. The molecule has 7 heteroatoms. The Labute approximate surface area is 209 Å². The van der Waals surface area contributed by atoms with E-state index < -0.39 is 0 Å². The molecule has 32 heavy (non-hydrogen) atoms. The van der Waals surface area contributed by atoms with Crippen molar-refractivity contribution in [2.75, 3.05) is 47.0 Å². The molecule has 176 valence electrons. The normalized spacial score (nSPS) is 15.1. The van der Waals surface area contributed by atoms with E-state index in [0.29, 0.717) is 25.8 Å². The average molecular weight is 553 g/mol. The number of likely N-dealkylation sites (tertiary alicyclic amines) is 1. The largest absolute Gasteiger partial charge is 0.493 e. The molecule has 0 radical (unpaired) electrons. The highest BCUT2D eigenvalue weighted by Crippen LogP contribution is 2.24. The summed E-state index contributed by atoms with van der Waals surface area (Å²) in [5, 5.41) is 6.96. The highest BCUT2D eigenvalue weighted by Gasteiger charge is 2.23. The molecule has 1 aliphatic rings. The maximum absolute atomic E-state index is 5.81. The molecule has 0 aliphatic carbocycles. The first-order valence-corrected chi connectivity index (χ1v) is 11.2. The van der Waals surface area contributed by atoms with Gasteiger partial charge in [0, 0.05) is 40.3 Å². The molecule has 0 amide bonds. The van der Waals surface area contributed by atoms with Gasteiger partial charge in [-0.05, 0) is 49.2 Å². The average Bonchev–Trinajstić information content (AvgIpc) is 3.34. The standard InChI is InChI=1S/C25H36N4O2.HI/c1-26-25(27-19-21-10-8-13-23(18-21)31-17-9-16-30-2)28-20-24(29-14-6-7-15-29)22-11-4-3-5-12-22;/h3-5,8,10-13,18,24H,6-7,9,14-17,19-20H2,1-2H3,(H2,26,27,28);1H. The van der Waals surface area contributed by atoms with Crippen LogP contribution in [0.5, 0.6) is 5.75 Å². The molecule has 0 spiro atoms. The van der Waals surface area contributed by atoms with E-state index in [0.717, 1.165) is 43.3 Å². The number of ether oxygens (including phenoxy) is 2. The van der Waals surface area contributed by atoms with Crippen molar-refractivity contribution in [1.29, 1.82) is 0 Å². The first-order chi connectivity index (χ1) is 15.3. The van der Waals surface area contributed by atoms with Gasteiger partial charge in [-0.1, -0.05) is 42.5 Å². The number of nitrogens with zero attached hydrogens (tertiary/aromatic N) is 2. The molecular formula is C25H37IN4O2. The fraction of sp³-hybridized carbons (Fsp3) is 0.480. The minimum absolute atomic E-state index is 0. The number of aliphatic imine (C=N–C) groups is 1. The number of hydrogen-bond donors (Lipinski definition) is 2. The third-order valence-electron chi connectivity index (χ3n) is 5.57. The van der Waals surface area contributed by atoms with Crippen LogP contribution >= 0.6 is 24.0 Å². The molecule has 3 rings (SSSR count). The summed E-state index contributed by atoms with van der Waals surface area (Å²) in [7, 11) is 3.53. The molecular weight excluding hydrogens is 515 g/mol. The second kappa shape index (κ2) is 15.1. The number of rotatable bonds is 11. The van der Waals surface area contributed by atoms with Crippen LogP contribution in [0.4, 0.5) is 0 Å². The molecule has 1 saturated heterocycles. The van der Waals surface area contributed by atoms with Gasteiger partial charge in [-0.3, -0.25) is 9.89 Å². The van der Waals surface area contributed by atoms with Crippen molar-refractivity contribution in [3.63, 3.8) is 0 Å². The van der Waals surface area contributed by atoms with E-state index >= 15 is 0 Å². The lowest BCUT2D eigenvalue weighted by atomic mass is 10.1. The van der Waals surface area contributed by atoms with Crippen molar-refractivity contribution in [2.24, 2.45) is 4.99 Å². The number of hydrogen-bond acceptors (Lipinski definition) is 4. The van der Waals surface area contributed by atoms with Gasteiger partial charge in [0.25, 0.3) is 0 Å². The second-order valence-electron chi connectivity index (χ2n) is 7.82. The molecule has 0 saturated carbocycles. The SMILES string of the molecule is CN=C(NCc1cccc(OCCCOC)c1)NCC(c1ccccc1)N1CCCC1.I. The van der Waals surface area contributed by atoms with E-state index in [1.807, 2.05) is 19.2 Å². The fourth-order valence-electron chi connectivity index (χ4n) is 3.92. The fourth-order valence-corrected chi connectivity index (χ4v) is 3.92. The summed E-state index contributed by atoms with van der Waals surface area (Å²) in [5.41, 5.74) is 2.51. The van der Waals surface area contributed by atoms with E-state index in [4.69, 9.17) is 9.47 Å². The van der Waals surface area contributed by atoms with Gasteiger partial charge in [0.15, 0.2) is 5.96 Å². The van der Waals surface area contributed by atoms with E-state index in [2.05, 4.69) is 63.0 Å². The van der Waals surface area contributed by atoms with Crippen molar-refractivity contribution in [2.45, 2.75) is 31.8 Å². The van der Waals surface area contributed by atoms with Gasteiger partial charge in [-0.25, -0.2) is 0 Å². The van der Waals surface area contributed by atoms with E-state index in [9.17, 15) is 0 Å². The molecule has 2 aromatic carbocycles. The minimum Gasteiger partial charge on any atom is -0.493 e. The lowest BCUT2D eigenvalue weighted by molar-refractivity contribution is 0.172. The lowest BCUT2D eigenvalue weighted by Gasteiger charge is -2.29. The summed E-state index contributed by atoms with van der Waals surface area (Å²) in [6.07, 6.45) is 3.44. The summed E-state index contributed by atoms with van der Waals surface area (Å²) < 4.78 is 10.9. The Morgan fingerprint density at radius 1 is 1.03 bits per heavy atom. The predicted octanol–water partition coefficient (Wildman–Crippen LogP) is 4.22. The predicted molar refractivity (Wildman–Crippen MR) is 142 cm³/mol. The van der Waals surface area contributed by atoms with Crippen LogP contribution in [-0.2, 0) is 11.3 Å². The van der Waals surface area contributed by atoms with E-state index in [1.165, 1.54) is 18.4 Å². The lowest BCUT2D eigenvalue weighted by Crippen LogP contribution is -2.42. The first-order valence-electron chi connectivity index (χ1n) is 11.2. The topological polar surface area (TPSA) is 58.1 Å². The molecule has 1 heterocycles. The zero-order chi connectivity index (χ0) is 21.7. The Bertz CT molecular complexity index is 798. The zero-order valence-electron chi connectivity index (χ0n) is 19.3. The van der Waals surface area contributed by atoms with Gasteiger partial charge < -0.3 is 20.1 Å². The Morgan fingerprint density at radius 2 is 1.81 bits per heavy atom. The van der Waals surface area contributed by atoms with Crippen LogP contribution in [-0.4, -0.2) is 57.9 Å². The van der Waals surface area contributed by atoms with E-state index in [-0.39, 0.29) is 24.0 Å². The minimum atomic E-state index is 0. The number of nitrogens with one attached hydrogen (secondary N) is 2. The molecule has 1 atom stereocenters. The second-order valence-corrected chi connectivity index (χ2v) is 7.82. The molecule has 0 aromatic heterocycles. The van der Waals surface area contributed by atoms with Gasteiger partial charge in [-0.2, -0.15) is 0 Å². The Balaban J connectivity index is 0.00000363. The van der Waals surface area contributed by atoms with Crippen molar-refractivity contribution >= 4 is 29.9 Å². The van der Waals surface area contributed by atoms with Crippen LogP contribution in [0.3, 0.4) is 0 Å². The van der Waals surface area contributed by atoms with Crippen molar-refractivity contribution < 1.29 is 9.47 Å². The van der Waals surface area contributed by atoms with Gasteiger partial charge in [0.2, 0.25) is 0 Å². The summed E-state index contributed by atoms with van der Waals surface area (Å²) in [6.45, 7) is 5.20. The van der Waals surface area contributed by atoms with Crippen LogP contribution in [0.1, 0.15) is 36.4 Å². The molecule has 2 N–H and O–H groups in total. The molecule has 1 unspecified atom stereocenters. The van der Waals surface area contributed by atoms with Crippen LogP contribution in [0.15, 0.2) is 59.6 Å². The number of benzene rings is 2. The highest BCUT2D eigenvalue weighted by atomic mass is 127. The Hall–Kier alpha value is -1.84. The molecule has 0 bridgehead atoms. The highest BCUT2D eigenvalue weighted by molar-refractivity contribution is 14.0. The summed E-state index contributed by atoms with van der Waals surface area (Å²) in [6, 6.07) is 19.3. The summed E-state index contributed by atoms with van der Waals surface area (Å²) in [4.78, 5) is 6.99. The molecule has 1 aliphatic heterocycles. The monoisotopic (exact) mass is 552 g/mol. The Kier molecular flexibility index (Phi) is 12.4. The zero-order valence-corrected chi connectivity index (χ0v) is 21.6. The molecule has 2 aromatic rings. The maximum atomic E-state index is 5.81. The quantitative estimate of drug-likeness (QED) is 0.189. The first kappa shape index (κ1) is 26.4. The van der Waals surface area contributed by atoms with Crippen LogP contribution < -0.4 is 15.4 Å². The van der Waals surface area contributed by atoms with Crippen LogP contribution in [0.2, 0.25) is 0 Å². The van der Waals surface area contributed by atoms with Gasteiger partial charge in [0.05, 0.1) is 12.6 Å². The van der Waals surface area contributed by atoms with Crippen molar-refractivity contribution in [3.8, 4) is 5.75 Å². The van der Waals surface area contributed by atoms with Crippen molar-refractivity contribution in [1.82, 2.24) is 15.5 Å². The maximum Gasteiger partial charge on any atom is 0.191 e. The van der Waals surface area contributed by atoms with E-state index in [1.54, 1.807) is 7.11 Å². The number of guanidine groups is 1. The molecule has 1 fully saturated rings. The third kappa shape index (κ3) is 8.60. The van der Waals surface area contributed by atoms with Crippen LogP contribution in [0.25, 0.3) is 0 Å². The number of methoxy groups -OCH3 is 1. The van der Waals surface area contributed by atoms with Crippen LogP contribution in [0, 0.1) is 0 Å². The summed E-state index contributed by atoms with van der Waals surface area (Å²) >= 11 is 0. The van der Waals surface area contributed by atoms with Gasteiger partial charge >= 0.3 is 0 Å². The number of halogens is 1. The summed E-state index contributed by atoms with van der Waals surface area (Å²) in [5.74, 6) is 1.70. The van der Waals surface area contributed by atoms with Gasteiger partial charge in [0.1, 0.15) is 5.75 Å². The molecule has 6 nitrogen and oxygen atoms in total. The van der Waals surface area contributed by atoms with Gasteiger partial charge in [-0.15, -0.1) is 24.0 Å². The smallest absolute Gasteiger partial charge is 0.191 e. The van der Waals surface area contributed by atoms with Crippen molar-refractivity contribution in [3.05, 3.63) is 65.7 Å². The third-order valence-corrected chi connectivity index (χ3v) is 5.57.